The number of anilines is 2. The Balaban J connectivity index is 2.19. The van der Waals surface area contributed by atoms with Crippen LogP contribution in [0.4, 0.5) is 11.4 Å². The summed E-state index contributed by atoms with van der Waals surface area (Å²) < 4.78 is 0.779. The Morgan fingerprint density at radius 2 is 2.18 bits per heavy atom. The molecule has 1 amide bonds. The molecule has 6 heteroatoms. The molecule has 0 unspecified atom stereocenters. The normalized spacial score (nSPS) is 10.2. The fraction of sp³-hybridized carbons (Fsp3) is 0. The van der Waals surface area contributed by atoms with Crippen LogP contribution in [0, 0.1) is 0 Å². The predicted octanol–water partition coefficient (Wildman–Crippen LogP) is 4.00. The van der Waals surface area contributed by atoms with E-state index in [0.717, 1.165) is 4.47 Å². The maximum Gasteiger partial charge on any atom is 0.266 e. The van der Waals surface area contributed by atoms with Crippen LogP contribution in [0.5, 0.6) is 0 Å². The third kappa shape index (κ3) is 2.80. The number of carbonyl (C=O) groups is 1. The summed E-state index contributed by atoms with van der Waals surface area (Å²) in [5.74, 6) is -0.173. The van der Waals surface area contributed by atoms with Crippen molar-refractivity contribution in [2.24, 2.45) is 0 Å². The molecule has 0 aliphatic carbocycles. The Bertz CT molecular complexity index is 570. The molecule has 0 saturated heterocycles. The number of rotatable bonds is 2. The van der Waals surface area contributed by atoms with Gasteiger partial charge in [0, 0.05) is 10.2 Å². The molecule has 0 radical (unpaired) electrons. The molecular formula is C11H8BrClN2OS. The summed E-state index contributed by atoms with van der Waals surface area (Å²) in [5.41, 5.74) is 6.70. The van der Waals surface area contributed by atoms with E-state index in [-0.39, 0.29) is 5.91 Å². The monoisotopic (exact) mass is 330 g/mol. The van der Waals surface area contributed by atoms with Crippen molar-refractivity contribution in [3.63, 3.8) is 0 Å². The molecule has 1 heterocycles. The van der Waals surface area contributed by atoms with Crippen LogP contribution >= 0.6 is 38.9 Å². The number of hydrogen-bond donors (Lipinski definition) is 2. The zero-order chi connectivity index (χ0) is 12.4. The lowest BCUT2D eigenvalue weighted by molar-refractivity contribution is 0.103. The van der Waals surface area contributed by atoms with Crippen molar-refractivity contribution in [2.75, 3.05) is 11.1 Å². The zero-order valence-corrected chi connectivity index (χ0v) is 11.7. The molecule has 0 aliphatic rings. The molecule has 3 nitrogen and oxygen atoms in total. The fourth-order valence-corrected chi connectivity index (χ4v) is 2.88. The standard InChI is InChI=1S/C11H8BrClN2OS/c12-7-3-4-17-10(7)11(16)15-6-1-2-9(14)8(13)5-6/h1-5H,14H2,(H,15,16). The number of thiophene rings is 1. The molecule has 0 fully saturated rings. The Labute approximate surface area is 116 Å². The maximum atomic E-state index is 11.9. The second kappa shape index (κ2) is 5.08. The van der Waals surface area contributed by atoms with Crippen LogP contribution in [0.25, 0.3) is 0 Å². The summed E-state index contributed by atoms with van der Waals surface area (Å²) in [6.07, 6.45) is 0. The Kier molecular flexibility index (Phi) is 3.71. The first-order chi connectivity index (χ1) is 8.08. The minimum Gasteiger partial charge on any atom is -0.398 e. The van der Waals surface area contributed by atoms with Crippen LogP contribution in [0.3, 0.4) is 0 Å². The van der Waals surface area contributed by atoms with Gasteiger partial charge in [0.2, 0.25) is 0 Å². The fourth-order valence-electron chi connectivity index (χ4n) is 1.25. The van der Waals surface area contributed by atoms with Gasteiger partial charge in [-0.2, -0.15) is 0 Å². The summed E-state index contributed by atoms with van der Waals surface area (Å²) in [4.78, 5) is 12.5. The Hall–Kier alpha value is -1.04. The highest BCUT2D eigenvalue weighted by atomic mass is 79.9. The van der Waals surface area contributed by atoms with Crippen molar-refractivity contribution in [3.8, 4) is 0 Å². The SMILES string of the molecule is Nc1ccc(NC(=O)c2sccc2Br)cc1Cl. The number of halogens is 2. The van der Waals surface area contributed by atoms with Crippen molar-refractivity contribution in [1.29, 1.82) is 0 Å². The van der Waals surface area contributed by atoms with Gasteiger partial charge >= 0.3 is 0 Å². The second-order valence-electron chi connectivity index (χ2n) is 3.29. The number of amides is 1. The number of nitrogens with two attached hydrogens (primary N) is 1. The smallest absolute Gasteiger partial charge is 0.266 e. The van der Waals surface area contributed by atoms with Gasteiger partial charge in [-0.1, -0.05) is 11.6 Å². The average molecular weight is 332 g/mol. The van der Waals surface area contributed by atoms with Gasteiger partial charge in [0.05, 0.1) is 10.7 Å². The van der Waals surface area contributed by atoms with Crippen molar-refractivity contribution < 1.29 is 4.79 Å². The van der Waals surface area contributed by atoms with Gasteiger partial charge < -0.3 is 11.1 Å². The quantitative estimate of drug-likeness (QED) is 0.817. The summed E-state index contributed by atoms with van der Waals surface area (Å²) >= 11 is 10.5. The van der Waals surface area contributed by atoms with Crippen molar-refractivity contribution in [1.82, 2.24) is 0 Å². The van der Waals surface area contributed by atoms with Crippen LogP contribution < -0.4 is 11.1 Å². The molecule has 0 atom stereocenters. The second-order valence-corrected chi connectivity index (χ2v) is 5.47. The van der Waals surface area contributed by atoms with Gasteiger partial charge in [0.1, 0.15) is 4.88 Å². The van der Waals surface area contributed by atoms with Gasteiger partial charge in [-0.15, -0.1) is 11.3 Å². The number of carbonyl (C=O) groups excluding carboxylic acids is 1. The first kappa shape index (κ1) is 12.4. The number of benzene rings is 1. The molecule has 0 aliphatic heterocycles. The van der Waals surface area contributed by atoms with Gasteiger partial charge in [0.25, 0.3) is 5.91 Å². The van der Waals surface area contributed by atoms with Crippen molar-refractivity contribution in [2.45, 2.75) is 0 Å². The van der Waals surface area contributed by atoms with E-state index in [1.54, 1.807) is 18.2 Å². The summed E-state index contributed by atoms with van der Waals surface area (Å²) in [7, 11) is 0. The molecule has 88 valence electrons. The van der Waals surface area contributed by atoms with Crippen LogP contribution in [-0.4, -0.2) is 5.91 Å². The van der Waals surface area contributed by atoms with Crippen molar-refractivity contribution in [3.05, 3.63) is 44.0 Å². The molecule has 0 spiro atoms. The lowest BCUT2D eigenvalue weighted by Crippen LogP contribution is -2.10. The Morgan fingerprint density at radius 1 is 1.41 bits per heavy atom. The average Bonchev–Trinajstić information content (AvgIpc) is 2.70. The van der Waals surface area contributed by atoms with Gasteiger partial charge in [-0.3, -0.25) is 4.79 Å². The van der Waals surface area contributed by atoms with Crippen LogP contribution in [0.15, 0.2) is 34.1 Å². The van der Waals surface area contributed by atoms with Gasteiger partial charge in [-0.25, -0.2) is 0 Å². The maximum absolute atomic E-state index is 11.9. The zero-order valence-electron chi connectivity index (χ0n) is 8.54. The first-order valence-electron chi connectivity index (χ1n) is 4.67. The lowest BCUT2D eigenvalue weighted by atomic mass is 10.3. The molecule has 3 N–H and O–H groups in total. The molecule has 0 bridgehead atoms. The highest BCUT2D eigenvalue weighted by molar-refractivity contribution is 9.10. The Morgan fingerprint density at radius 3 is 2.76 bits per heavy atom. The molecule has 2 aromatic rings. The van der Waals surface area contributed by atoms with E-state index in [2.05, 4.69) is 21.2 Å². The molecule has 1 aromatic heterocycles. The molecule has 1 aromatic carbocycles. The van der Waals surface area contributed by atoms with Crippen LogP contribution in [0.2, 0.25) is 5.02 Å². The van der Waals surface area contributed by atoms with E-state index in [4.69, 9.17) is 17.3 Å². The lowest BCUT2D eigenvalue weighted by Gasteiger charge is -2.05. The minimum absolute atomic E-state index is 0.173. The summed E-state index contributed by atoms with van der Waals surface area (Å²) in [6, 6.07) is 6.81. The number of nitrogen functional groups attached to an aromatic ring is 1. The van der Waals surface area contributed by atoms with E-state index in [9.17, 15) is 4.79 Å². The largest absolute Gasteiger partial charge is 0.398 e. The van der Waals surface area contributed by atoms with E-state index in [1.807, 2.05) is 11.4 Å². The predicted molar refractivity (Wildman–Crippen MR) is 75.8 cm³/mol. The minimum atomic E-state index is -0.173. The van der Waals surface area contributed by atoms with E-state index in [0.29, 0.717) is 21.3 Å². The molecule has 0 saturated carbocycles. The molecular weight excluding hydrogens is 324 g/mol. The summed E-state index contributed by atoms with van der Waals surface area (Å²) in [6.45, 7) is 0. The van der Waals surface area contributed by atoms with E-state index < -0.39 is 0 Å². The third-order valence-corrected chi connectivity index (χ3v) is 4.25. The van der Waals surface area contributed by atoms with Crippen LogP contribution in [0.1, 0.15) is 9.67 Å². The van der Waals surface area contributed by atoms with Crippen molar-refractivity contribution >= 4 is 56.1 Å². The van der Waals surface area contributed by atoms with Gasteiger partial charge in [0.15, 0.2) is 0 Å². The number of hydrogen-bond acceptors (Lipinski definition) is 3. The topological polar surface area (TPSA) is 55.1 Å². The van der Waals surface area contributed by atoms with Crippen LogP contribution in [-0.2, 0) is 0 Å². The molecule has 17 heavy (non-hydrogen) atoms. The number of nitrogens with one attached hydrogen (secondary N) is 1. The third-order valence-electron chi connectivity index (χ3n) is 2.08. The summed E-state index contributed by atoms with van der Waals surface area (Å²) in [5, 5.41) is 5.02. The van der Waals surface area contributed by atoms with Gasteiger partial charge in [-0.05, 0) is 45.6 Å². The molecule has 2 rings (SSSR count). The van der Waals surface area contributed by atoms with E-state index >= 15 is 0 Å². The highest BCUT2D eigenvalue weighted by Crippen LogP contribution is 2.26. The highest BCUT2D eigenvalue weighted by Gasteiger charge is 2.11. The van der Waals surface area contributed by atoms with E-state index in [1.165, 1.54) is 11.3 Å². The first-order valence-corrected chi connectivity index (χ1v) is 6.72.